The zero-order valence-electron chi connectivity index (χ0n) is 9.32. The maximum absolute atomic E-state index is 5.81. The first kappa shape index (κ1) is 11.4. The molecule has 2 rings (SSSR count). The molecule has 84 valence electrons. The smallest absolute Gasteiger partial charge is 0.0406 e. The number of halogens is 1. The number of rotatable bonds is 2. The molecule has 0 aromatic heterocycles. The van der Waals surface area contributed by atoms with Gasteiger partial charge in [0.1, 0.15) is 0 Å². The monoisotopic (exact) mass is 233 g/mol. The first-order chi connectivity index (χ1) is 7.84. The van der Waals surface area contributed by atoms with Crippen LogP contribution in [0.1, 0.15) is 37.7 Å². The van der Waals surface area contributed by atoms with Crippen LogP contribution in [0.25, 0.3) is 0 Å². The van der Waals surface area contributed by atoms with Crippen molar-refractivity contribution < 1.29 is 0 Å². The van der Waals surface area contributed by atoms with E-state index in [1.54, 1.807) is 0 Å². The Labute approximate surface area is 102 Å². The largest absolute Gasteiger partial charge is 0.264 e. The molecular formula is C14H16ClN. The standard InChI is InChI=1S/C14H16ClN/c15-14-8-6-13(7-9-14)11-16-10-12-4-2-1-3-5-12/h6-11H,1-5H2. The summed E-state index contributed by atoms with van der Waals surface area (Å²) in [6.07, 6.45) is 10.4. The van der Waals surface area contributed by atoms with E-state index in [2.05, 4.69) is 4.99 Å². The van der Waals surface area contributed by atoms with Gasteiger partial charge in [0.15, 0.2) is 0 Å². The van der Waals surface area contributed by atoms with Crippen LogP contribution in [0.5, 0.6) is 0 Å². The average Bonchev–Trinajstić information content (AvgIpc) is 2.33. The Balaban J connectivity index is 1.95. The maximum atomic E-state index is 5.81. The molecule has 1 aromatic rings. The third-order valence-corrected chi connectivity index (χ3v) is 3.10. The Morgan fingerprint density at radius 3 is 2.38 bits per heavy atom. The van der Waals surface area contributed by atoms with Crippen molar-refractivity contribution in [2.24, 2.45) is 4.99 Å². The molecule has 1 aliphatic rings. The molecule has 0 N–H and O–H groups in total. The second-order valence-electron chi connectivity index (χ2n) is 4.18. The Kier molecular flexibility index (Phi) is 4.17. The van der Waals surface area contributed by atoms with Crippen LogP contribution in [0, 0.1) is 0 Å². The van der Waals surface area contributed by atoms with Gasteiger partial charge >= 0.3 is 0 Å². The summed E-state index contributed by atoms with van der Waals surface area (Å²) >= 11 is 5.81. The third-order valence-electron chi connectivity index (χ3n) is 2.85. The summed E-state index contributed by atoms with van der Waals surface area (Å²) < 4.78 is 0. The van der Waals surface area contributed by atoms with Crippen LogP contribution in [0.2, 0.25) is 5.02 Å². The highest BCUT2D eigenvalue weighted by molar-refractivity contribution is 6.30. The summed E-state index contributed by atoms with van der Waals surface area (Å²) in [6, 6.07) is 7.73. The lowest BCUT2D eigenvalue weighted by molar-refractivity contribution is 0.598. The van der Waals surface area contributed by atoms with Crippen molar-refractivity contribution in [3.8, 4) is 0 Å². The van der Waals surface area contributed by atoms with Crippen LogP contribution in [0.3, 0.4) is 0 Å². The van der Waals surface area contributed by atoms with Crippen molar-refractivity contribution >= 4 is 17.8 Å². The van der Waals surface area contributed by atoms with Gasteiger partial charge in [-0.3, -0.25) is 4.99 Å². The van der Waals surface area contributed by atoms with E-state index >= 15 is 0 Å². The Hall–Kier alpha value is -1.08. The predicted octanol–water partition coefficient (Wildman–Crippen LogP) is 4.61. The first-order valence-electron chi connectivity index (χ1n) is 5.81. The molecular weight excluding hydrogens is 218 g/mol. The molecule has 1 aromatic carbocycles. The van der Waals surface area contributed by atoms with E-state index in [0.29, 0.717) is 0 Å². The van der Waals surface area contributed by atoms with Gasteiger partial charge in [0.25, 0.3) is 0 Å². The SMILES string of the molecule is Clc1ccc(C=NC=C2CCCCC2)cc1. The molecule has 0 spiro atoms. The summed E-state index contributed by atoms with van der Waals surface area (Å²) in [6.45, 7) is 0. The van der Waals surface area contributed by atoms with E-state index < -0.39 is 0 Å². The van der Waals surface area contributed by atoms with E-state index in [4.69, 9.17) is 11.6 Å². The zero-order valence-corrected chi connectivity index (χ0v) is 10.1. The van der Waals surface area contributed by atoms with Gasteiger partial charge in [-0.05, 0) is 43.4 Å². The summed E-state index contributed by atoms with van der Waals surface area (Å²) in [4.78, 5) is 4.36. The van der Waals surface area contributed by atoms with Crippen molar-refractivity contribution in [3.05, 3.63) is 46.6 Å². The van der Waals surface area contributed by atoms with Gasteiger partial charge in [0.2, 0.25) is 0 Å². The van der Waals surface area contributed by atoms with Crippen LogP contribution in [-0.2, 0) is 0 Å². The lowest BCUT2D eigenvalue weighted by Gasteiger charge is -2.11. The van der Waals surface area contributed by atoms with Gasteiger partial charge in [-0.15, -0.1) is 0 Å². The van der Waals surface area contributed by atoms with Gasteiger partial charge in [0.05, 0.1) is 0 Å². The number of nitrogens with zero attached hydrogens (tertiary/aromatic N) is 1. The van der Waals surface area contributed by atoms with Crippen molar-refractivity contribution in [1.82, 2.24) is 0 Å². The Morgan fingerprint density at radius 1 is 1.00 bits per heavy atom. The van der Waals surface area contributed by atoms with Crippen molar-refractivity contribution in [2.75, 3.05) is 0 Å². The van der Waals surface area contributed by atoms with Crippen LogP contribution in [-0.4, -0.2) is 6.21 Å². The molecule has 0 bridgehead atoms. The number of hydrogen-bond donors (Lipinski definition) is 0. The molecule has 16 heavy (non-hydrogen) atoms. The van der Waals surface area contributed by atoms with Gasteiger partial charge in [-0.1, -0.05) is 35.7 Å². The first-order valence-corrected chi connectivity index (χ1v) is 6.19. The van der Waals surface area contributed by atoms with E-state index in [1.165, 1.54) is 37.7 Å². The molecule has 0 amide bonds. The molecule has 0 heterocycles. The minimum atomic E-state index is 0.766. The van der Waals surface area contributed by atoms with E-state index in [0.717, 1.165) is 10.6 Å². The quantitative estimate of drug-likeness (QED) is 0.662. The summed E-state index contributed by atoms with van der Waals surface area (Å²) in [5, 5.41) is 0.766. The Morgan fingerprint density at radius 2 is 1.69 bits per heavy atom. The van der Waals surface area contributed by atoms with Gasteiger partial charge in [0, 0.05) is 17.4 Å². The molecule has 1 aliphatic carbocycles. The molecule has 1 fully saturated rings. The zero-order chi connectivity index (χ0) is 11.2. The summed E-state index contributed by atoms with van der Waals surface area (Å²) in [5.74, 6) is 0. The lowest BCUT2D eigenvalue weighted by atomic mass is 9.96. The second-order valence-corrected chi connectivity index (χ2v) is 4.61. The highest BCUT2D eigenvalue weighted by Gasteiger charge is 2.03. The third kappa shape index (κ3) is 3.49. The van der Waals surface area contributed by atoms with E-state index in [-0.39, 0.29) is 0 Å². The van der Waals surface area contributed by atoms with Crippen molar-refractivity contribution in [2.45, 2.75) is 32.1 Å². The molecule has 2 heteroatoms. The van der Waals surface area contributed by atoms with Crippen molar-refractivity contribution in [1.29, 1.82) is 0 Å². The number of hydrogen-bond acceptors (Lipinski definition) is 1. The normalized spacial score (nSPS) is 16.7. The van der Waals surface area contributed by atoms with Crippen LogP contribution in [0.15, 0.2) is 41.0 Å². The molecule has 0 radical (unpaired) electrons. The van der Waals surface area contributed by atoms with Crippen LogP contribution in [0.4, 0.5) is 0 Å². The van der Waals surface area contributed by atoms with E-state index in [9.17, 15) is 0 Å². The summed E-state index contributed by atoms with van der Waals surface area (Å²) in [7, 11) is 0. The predicted molar refractivity (Wildman–Crippen MR) is 70.2 cm³/mol. The highest BCUT2D eigenvalue weighted by atomic mass is 35.5. The average molecular weight is 234 g/mol. The number of allylic oxidation sites excluding steroid dienone is 1. The van der Waals surface area contributed by atoms with Gasteiger partial charge in [-0.2, -0.15) is 0 Å². The minimum Gasteiger partial charge on any atom is -0.264 e. The molecule has 0 unspecified atom stereocenters. The highest BCUT2D eigenvalue weighted by Crippen LogP contribution is 2.22. The number of aliphatic imine (C=N–C) groups is 1. The van der Waals surface area contributed by atoms with Crippen LogP contribution >= 0.6 is 11.6 Å². The fraction of sp³-hybridized carbons (Fsp3) is 0.357. The second kappa shape index (κ2) is 5.86. The minimum absolute atomic E-state index is 0.766. The fourth-order valence-corrected chi connectivity index (χ4v) is 2.04. The Bertz CT molecular complexity index is 382. The maximum Gasteiger partial charge on any atom is 0.0406 e. The lowest BCUT2D eigenvalue weighted by Crippen LogP contribution is -1.92. The topological polar surface area (TPSA) is 12.4 Å². The number of benzene rings is 1. The van der Waals surface area contributed by atoms with E-state index in [1.807, 2.05) is 36.7 Å². The molecule has 0 aliphatic heterocycles. The molecule has 0 atom stereocenters. The molecule has 1 nitrogen and oxygen atoms in total. The summed E-state index contributed by atoms with van der Waals surface area (Å²) in [5.41, 5.74) is 2.58. The van der Waals surface area contributed by atoms with Crippen LogP contribution < -0.4 is 0 Å². The molecule has 0 saturated heterocycles. The van der Waals surface area contributed by atoms with Gasteiger partial charge in [-0.25, -0.2) is 0 Å². The molecule has 1 saturated carbocycles. The van der Waals surface area contributed by atoms with Gasteiger partial charge < -0.3 is 0 Å². The van der Waals surface area contributed by atoms with Crippen molar-refractivity contribution in [3.63, 3.8) is 0 Å². The fourth-order valence-electron chi connectivity index (χ4n) is 1.91.